The van der Waals surface area contributed by atoms with Gasteiger partial charge < -0.3 is 10.2 Å². The van der Waals surface area contributed by atoms with Crippen molar-refractivity contribution in [1.29, 1.82) is 0 Å². The molecule has 1 fully saturated rings. The van der Waals surface area contributed by atoms with Gasteiger partial charge in [0.1, 0.15) is 0 Å². The van der Waals surface area contributed by atoms with Gasteiger partial charge in [0.15, 0.2) is 0 Å². The van der Waals surface area contributed by atoms with Crippen molar-refractivity contribution in [2.75, 3.05) is 20.1 Å². The summed E-state index contributed by atoms with van der Waals surface area (Å²) in [5, 5.41) is 3.99. The maximum atomic E-state index is 12.2. The average Bonchev–Trinajstić information content (AvgIpc) is 2.39. The maximum absolute atomic E-state index is 12.2. The monoisotopic (exact) mass is 302 g/mol. The van der Waals surface area contributed by atoms with Crippen LogP contribution in [0.2, 0.25) is 5.02 Å². The number of halogens is 2. The Morgan fingerprint density at radius 2 is 2.32 bits per heavy atom. The van der Waals surface area contributed by atoms with Crippen LogP contribution in [0.5, 0.6) is 0 Å². The second-order valence-electron chi connectivity index (χ2n) is 4.87. The molecule has 0 saturated carbocycles. The van der Waals surface area contributed by atoms with Crippen LogP contribution >= 0.6 is 24.0 Å². The van der Waals surface area contributed by atoms with E-state index in [4.69, 9.17) is 11.6 Å². The molecule has 1 aromatic rings. The molecule has 2 rings (SSSR count). The van der Waals surface area contributed by atoms with Crippen molar-refractivity contribution >= 4 is 29.9 Å². The van der Waals surface area contributed by atoms with Crippen molar-refractivity contribution in [3.63, 3.8) is 0 Å². The van der Waals surface area contributed by atoms with Crippen molar-refractivity contribution in [2.24, 2.45) is 5.92 Å². The fourth-order valence-electron chi connectivity index (χ4n) is 2.36. The number of hydrogen-bond acceptors (Lipinski definition) is 2. The lowest BCUT2D eigenvalue weighted by molar-refractivity contribution is -0.135. The molecular formula is C14H20Cl2N2O. The van der Waals surface area contributed by atoms with Gasteiger partial charge in [0, 0.05) is 25.2 Å². The van der Waals surface area contributed by atoms with Gasteiger partial charge in [0.05, 0.1) is 5.92 Å². The third-order valence-corrected chi connectivity index (χ3v) is 3.57. The Bertz CT molecular complexity index is 420. The Morgan fingerprint density at radius 3 is 2.95 bits per heavy atom. The molecule has 0 radical (unpaired) electrons. The van der Waals surface area contributed by atoms with Crippen LogP contribution in [0, 0.1) is 5.92 Å². The van der Waals surface area contributed by atoms with E-state index in [1.54, 1.807) is 4.90 Å². The fourth-order valence-corrected chi connectivity index (χ4v) is 2.57. The Labute approximate surface area is 125 Å². The quantitative estimate of drug-likeness (QED) is 0.931. The summed E-state index contributed by atoms with van der Waals surface area (Å²) >= 11 is 5.94. The first-order valence-corrected chi connectivity index (χ1v) is 6.75. The molecule has 1 atom stereocenters. The van der Waals surface area contributed by atoms with E-state index < -0.39 is 0 Å². The predicted octanol–water partition coefficient (Wildman–Crippen LogP) is 2.72. The van der Waals surface area contributed by atoms with Crippen LogP contribution in [0.4, 0.5) is 0 Å². The summed E-state index contributed by atoms with van der Waals surface area (Å²) in [5.41, 5.74) is 1.07. The lowest BCUT2D eigenvalue weighted by Gasteiger charge is -2.27. The van der Waals surface area contributed by atoms with E-state index in [0.29, 0.717) is 11.6 Å². The molecule has 5 heteroatoms. The van der Waals surface area contributed by atoms with Gasteiger partial charge in [0.25, 0.3) is 0 Å². The molecule has 1 aliphatic rings. The first-order valence-electron chi connectivity index (χ1n) is 6.37. The zero-order chi connectivity index (χ0) is 13.0. The lowest BCUT2D eigenvalue weighted by Crippen LogP contribution is -2.41. The number of piperidine rings is 1. The predicted molar refractivity (Wildman–Crippen MR) is 80.8 cm³/mol. The van der Waals surface area contributed by atoms with Crippen LogP contribution in [-0.2, 0) is 11.3 Å². The summed E-state index contributed by atoms with van der Waals surface area (Å²) in [5.74, 6) is 0.352. The highest BCUT2D eigenvalue weighted by Crippen LogP contribution is 2.16. The Kier molecular flexibility index (Phi) is 6.63. The van der Waals surface area contributed by atoms with Gasteiger partial charge in [-0.15, -0.1) is 12.4 Å². The summed E-state index contributed by atoms with van der Waals surface area (Å²) in [4.78, 5) is 14.0. The first-order chi connectivity index (χ1) is 8.66. The Hall–Kier alpha value is -0.770. The van der Waals surface area contributed by atoms with E-state index in [1.807, 2.05) is 31.3 Å². The van der Waals surface area contributed by atoms with Crippen LogP contribution < -0.4 is 5.32 Å². The van der Waals surface area contributed by atoms with Crippen LogP contribution in [-0.4, -0.2) is 30.9 Å². The second-order valence-corrected chi connectivity index (χ2v) is 5.30. The Balaban J connectivity index is 0.00000180. The molecule has 0 bridgehead atoms. The van der Waals surface area contributed by atoms with Crippen LogP contribution in [0.25, 0.3) is 0 Å². The second kappa shape index (κ2) is 7.73. The van der Waals surface area contributed by atoms with E-state index in [2.05, 4.69) is 5.32 Å². The number of carbonyl (C=O) groups excluding carboxylic acids is 1. The highest BCUT2D eigenvalue weighted by Gasteiger charge is 2.23. The SMILES string of the molecule is CN(Cc1cccc(Cl)c1)C(=O)C1CCCNC1.Cl. The summed E-state index contributed by atoms with van der Waals surface area (Å²) in [6.45, 7) is 2.45. The smallest absolute Gasteiger partial charge is 0.227 e. The normalized spacial score (nSPS) is 18.5. The number of benzene rings is 1. The third-order valence-electron chi connectivity index (χ3n) is 3.33. The van der Waals surface area contributed by atoms with E-state index in [9.17, 15) is 4.79 Å². The minimum Gasteiger partial charge on any atom is -0.341 e. The summed E-state index contributed by atoms with van der Waals surface area (Å²) in [7, 11) is 1.86. The summed E-state index contributed by atoms with van der Waals surface area (Å²) in [6.07, 6.45) is 2.08. The molecule has 3 nitrogen and oxygen atoms in total. The maximum Gasteiger partial charge on any atom is 0.227 e. The number of nitrogens with one attached hydrogen (secondary N) is 1. The van der Waals surface area contributed by atoms with Crippen LogP contribution in [0.3, 0.4) is 0 Å². The van der Waals surface area contributed by atoms with Crippen molar-refractivity contribution in [1.82, 2.24) is 10.2 Å². The fraction of sp³-hybridized carbons (Fsp3) is 0.500. The first kappa shape index (κ1) is 16.3. The molecule has 1 heterocycles. The van der Waals surface area contributed by atoms with Gasteiger partial charge in [-0.05, 0) is 37.1 Å². The molecule has 1 saturated heterocycles. The number of amides is 1. The minimum absolute atomic E-state index is 0. The van der Waals surface area contributed by atoms with Gasteiger partial charge >= 0.3 is 0 Å². The van der Waals surface area contributed by atoms with Gasteiger partial charge in [-0.2, -0.15) is 0 Å². The van der Waals surface area contributed by atoms with E-state index in [1.165, 1.54) is 0 Å². The molecule has 0 spiro atoms. The van der Waals surface area contributed by atoms with Gasteiger partial charge in [0.2, 0.25) is 5.91 Å². The Morgan fingerprint density at radius 1 is 1.53 bits per heavy atom. The number of rotatable bonds is 3. The average molecular weight is 303 g/mol. The molecule has 0 aliphatic carbocycles. The molecule has 1 aliphatic heterocycles. The third kappa shape index (κ3) is 4.68. The van der Waals surface area contributed by atoms with Gasteiger partial charge in [-0.1, -0.05) is 23.7 Å². The highest BCUT2D eigenvalue weighted by atomic mass is 35.5. The lowest BCUT2D eigenvalue weighted by atomic mass is 9.98. The van der Waals surface area contributed by atoms with Gasteiger partial charge in [-0.3, -0.25) is 4.79 Å². The highest BCUT2D eigenvalue weighted by molar-refractivity contribution is 6.30. The standard InChI is InChI=1S/C14H19ClN2O.ClH/c1-17(10-11-4-2-6-13(15)8-11)14(18)12-5-3-7-16-9-12;/h2,4,6,8,12,16H,3,5,7,9-10H2,1H3;1H. The van der Waals surface area contributed by atoms with Crippen molar-refractivity contribution in [3.8, 4) is 0 Å². The molecule has 19 heavy (non-hydrogen) atoms. The number of hydrogen-bond donors (Lipinski definition) is 1. The summed E-state index contributed by atoms with van der Waals surface area (Å²) in [6, 6.07) is 7.66. The van der Waals surface area contributed by atoms with E-state index in [-0.39, 0.29) is 24.2 Å². The minimum atomic E-state index is 0. The molecule has 1 amide bonds. The van der Waals surface area contributed by atoms with Crippen molar-refractivity contribution in [2.45, 2.75) is 19.4 Å². The van der Waals surface area contributed by atoms with Crippen molar-refractivity contribution in [3.05, 3.63) is 34.9 Å². The molecule has 0 aromatic heterocycles. The zero-order valence-electron chi connectivity index (χ0n) is 11.1. The molecular weight excluding hydrogens is 283 g/mol. The molecule has 106 valence electrons. The molecule has 1 unspecified atom stereocenters. The largest absolute Gasteiger partial charge is 0.341 e. The van der Waals surface area contributed by atoms with E-state index in [0.717, 1.165) is 31.5 Å². The number of nitrogens with zero attached hydrogens (tertiary/aromatic N) is 1. The van der Waals surface area contributed by atoms with Crippen LogP contribution in [0.15, 0.2) is 24.3 Å². The molecule has 1 aromatic carbocycles. The summed E-state index contributed by atoms with van der Waals surface area (Å²) < 4.78 is 0. The van der Waals surface area contributed by atoms with Crippen molar-refractivity contribution < 1.29 is 4.79 Å². The molecule has 1 N–H and O–H groups in total. The van der Waals surface area contributed by atoms with E-state index >= 15 is 0 Å². The number of carbonyl (C=O) groups is 1. The topological polar surface area (TPSA) is 32.3 Å². The van der Waals surface area contributed by atoms with Gasteiger partial charge in [-0.25, -0.2) is 0 Å². The van der Waals surface area contributed by atoms with Crippen LogP contribution in [0.1, 0.15) is 18.4 Å². The zero-order valence-corrected chi connectivity index (χ0v) is 12.6.